The number of hydrogen-bond acceptors (Lipinski definition) is 8. The Hall–Kier alpha value is -6.14. The molecule has 0 aliphatic carbocycles. The van der Waals surface area contributed by atoms with E-state index in [0.717, 1.165) is 72.3 Å². The zero-order chi connectivity index (χ0) is 35.7. The fourth-order valence-corrected chi connectivity index (χ4v) is 5.27. The Morgan fingerprint density at radius 3 is 1.33 bits per heavy atom. The number of nitro groups is 1. The molecule has 0 saturated carbocycles. The fourth-order valence-electron chi connectivity index (χ4n) is 5.27. The first kappa shape index (κ1) is 36.1. The maximum atomic E-state index is 12.5. The van der Waals surface area contributed by atoms with Crippen LogP contribution in [-0.4, -0.2) is 37.3 Å². The summed E-state index contributed by atoms with van der Waals surface area (Å²) in [7, 11) is 0. The van der Waals surface area contributed by atoms with E-state index in [1.54, 1.807) is 24.3 Å². The SMILES string of the molecule is N#Cc1ccc(-c2ccc(OCCCCCCOC(=O)c3ccc(-c4ccc(OCCCCOc5ccc([N+](=O)[O-])cc5)cc4)cc3)cc2)cc1. The predicted octanol–water partition coefficient (Wildman–Crippen LogP) is 9.83. The van der Waals surface area contributed by atoms with E-state index in [9.17, 15) is 14.9 Å². The van der Waals surface area contributed by atoms with E-state index in [1.165, 1.54) is 12.1 Å². The molecule has 0 heterocycles. The monoisotopic (exact) mass is 684 g/mol. The van der Waals surface area contributed by atoms with Gasteiger partial charge in [-0.25, -0.2) is 4.79 Å². The number of rotatable bonds is 19. The maximum Gasteiger partial charge on any atom is 0.338 e. The van der Waals surface area contributed by atoms with Gasteiger partial charge in [-0.05, 0) is 121 Å². The van der Waals surface area contributed by atoms with Gasteiger partial charge in [0.25, 0.3) is 5.69 Å². The van der Waals surface area contributed by atoms with E-state index in [1.807, 2.05) is 84.9 Å². The standard InChI is InChI=1S/C42H40N2O7/c43-31-32-7-9-33(10-8-32)35-15-21-39(22-16-35)48-27-3-1-2-4-30-51-42(45)37-13-11-34(12-14-37)36-17-23-40(24-18-36)49-28-5-6-29-50-41-25-19-38(20-26-41)44(46)47/h7-26H,1-6,27-30H2. The van der Waals surface area contributed by atoms with Crippen LogP contribution in [0.25, 0.3) is 22.3 Å². The van der Waals surface area contributed by atoms with Crippen molar-refractivity contribution >= 4 is 11.7 Å². The molecule has 0 amide bonds. The van der Waals surface area contributed by atoms with Gasteiger partial charge >= 0.3 is 5.97 Å². The molecule has 9 nitrogen and oxygen atoms in total. The highest BCUT2D eigenvalue weighted by molar-refractivity contribution is 5.90. The second kappa shape index (κ2) is 19.2. The third kappa shape index (κ3) is 11.5. The second-order valence-corrected chi connectivity index (χ2v) is 11.9. The Balaban J connectivity index is 0.909. The van der Waals surface area contributed by atoms with E-state index in [2.05, 4.69) is 6.07 Å². The van der Waals surface area contributed by atoms with Crippen LogP contribution in [0.3, 0.4) is 0 Å². The molecular weight excluding hydrogens is 644 g/mol. The maximum absolute atomic E-state index is 12.5. The van der Waals surface area contributed by atoms with Crippen molar-refractivity contribution in [3.05, 3.63) is 143 Å². The smallest absolute Gasteiger partial charge is 0.338 e. The average molecular weight is 685 g/mol. The highest BCUT2D eigenvalue weighted by Crippen LogP contribution is 2.25. The van der Waals surface area contributed by atoms with E-state index >= 15 is 0 Å². The molecule has 0 bridgehead atoms. The van der Waals surface area contributed by atoms with Crippen LogP contribution in [0.5, 0.6) is 17.2 Å². The van der Waals surface area contributed by atoms with Gasteiger partial charge in [0, 0.05) is 12.1 Å². The minimum atomic E-state index is -0.435. The van der Waals surface area contributed by atoms with Crippen molar-refractivity contribution in [1.82, 2.24) is 0 Å². The van der Waals surface area contributed by atoms with Crippen molar-refractivity contribution in [3.63, 3.8) is 0 Å². The molecule has 0 fully saturated rings. The van der Waals surface area contributed by atoms with Gasteiger partial charge in [0.05, 0.1) is 48.5 Å². The largest absolute Gasteiger partial charge is 0.494 e. The number of hydrogen-bond donors (Lipinski definition) is 0. The molecule has 0 aliphatic rings. The van der Waals surface area contributed by atoms with E-state index < -0.39 is 4.92 Å². The molecule has 5 aromatic carbocycles. The topological polar surface area (TPSA) is 121 Å². The fraction of sp³-hybridized carbons (Fsp3) is 0.238. The molecule has 51 heavy (non-hydrogen) atoms. The quantitative estimate of drug-likeness (QED) is 0.0365. The molecule has 0 spiro atoms. The highest BCUT2D eigenvalue weighted by atomic mass is 16.6. The van der Waals surface area contributed by atoms with Crippen LogP contribution in [0.15, 0.2) is 121 Å². The first-order valence-electron chi connectivity index (χ1n) is 17.1. The van der Waals surface area contributed by atoms with E-state index in [4.69, 9.17) is 24.2 Å². The molecule has 0 N–H and O–H groups in total. The van der Waals surface area contributed by atoms with E-state index in [-0.39, 0.29) is 11.7 Å². The van der Waals surface area contributed by atoms with E-state index in [0.29, 0.717) is 43.3 Å². The summed E-state index contributed by atoms with van der Waals surface area (Å²) in [5.74, 6) is 1.88. The number of esters is 1. The molecule has 0 aliphatic heterocycles. The van der Waals surface area contributed by atoms with Crippen LogP contribution in [0.2, 0.25) is 0 Å². The van der Waals surface area contributed by atoms with Gasteiger partial charge in [-0.3, -0.25) is 10.1 Å². The number of carbonyl (C=O) groups is 1. The number of carbonyl (C=O) groups excluding carboxylic acids is 1. The molecular formula is C42H40N2O7. The first-order valence-corrected chi connectivity index (χ1v) is 17.1. The summed E-state index contributed by atoms with van der Waals surface area (Å²) in [6, 6.07) is 38.9. The summed E-state index contributed by atoms with van der Waals surface area (Å²) >= 11 is 0. The third-order valence-corrected chi connectivity index (χ3v) is 8.17. The lowest BCUT2D eigenvalue weighted by atomic mass is 10.0. The summed E-state index contributed by atoms with van der Waals surface area (Å²) in [5.41, 5.74) is 5.35. The lowest BCUT2D eigenvalue weighted by Crippen LogP contribution is -2.06. The van der Waals surface area contributed by atoms with Gasteiger partial charge in [-0.15, -0.1) is 0 Å². The molecule has 0 radical (unpaired) electrons. The zero-order valence-corrected chi connectivity index (χ0v) is 28.4. The third-order valence-electron chi connectivity index (χ3n) is 8.17. The molecule has 0 unspecified atom stereocenters. The number of nitriles is 1. The first-order chi connectivity index (χ1) is 25.0. The van der Waals surface area contributed by atoms with Crippen molar-refractivity contribution in [3.8, 4) is 45.6 Å². The average Bonchev–Trinajstić information content (AvgIpc) is 3.18. The second-order valence-electron chi connectivity index (χ2n) is 11.9. The van der Waals surface area contributed by atoms with Gasteiger partial charge in [0.1, 0.15) is 17.2 Å². The summed E-state index contributed by atoms with van der Waals surface area (Å²) in [6.07, 6.45) is 5.25. The van der Waals surface area contributed by atoms with Crippen LogP contribution in [0.4, 0.5) is 5.69 Å². The van der Waals surface area contributed by atoms with Crippen molar-refractivity contribution in [1.29, 1.82) is 5.26 Å². The van der Waals surface area contributed by atoms with Crippen molar-refractivity contribution in [2.45, 2.75) is 38.5 Å². The minimum absolute atomic E-state index is 0.0398. The lowest BCUT2D eigenvalue weighted by molar-refractivity contribution is -0.384. The van der Waals surface area contributed by atoms with Crippen LogP contribution in [0.1, 0.15) is 54.4 Å². The van der Waals surface area contributed by atoms with Crippen LogP contribution >= 0.6 is 0 Å². The predicted molar refractivity (Wildman–Crippen MR) is 196 cm³/mol. The summed E-state index contributed by atoms with van der Waals surface area (Å²) in [5, 5.41) is 19.7. The molecule has 5 aromatic rings. The van der Waals surface area contributed by atoms with Gasteiger partial charge in [0.15, 0.2) is 0 Å². The van der Waals surface area contributed by atoms with Gasteiger partial charge in [0.2, 0.25) is 0 Å². The van der Waals surface area contributed by atoms with Gasteiger partial charge in [-0.2, -0.15) is 5.26 Å². The Labute approximate surface area is 298 Å². The Bertz CT molecular complexity index is 1870. The number of benzene rings is 5. The highest BCUT2D eigenvalue weighted by Gasteiger charge is 2.08. The minimum Gasteiger partial charge on any atom is -0.494 e. The Morgan fingerprint density at radius 2 is 0.902 bits per heavy atom. The molecule has 0 saturated heterocycles. The Kier molecular flexibility index (Phi) is 13.6. The van der Waals surface area contributed by atoms with Crippen molar-refractivity contribution in [2.24, 2.45) is 0 Å². The number of ether oxygens (including phenoxy) is 4. The van der Waals surface area contributed by atoms with Gasteiger partial charge in [-0.1, -0.05) is 48.5 Å². The normalized spacial score (nSPS) is 10.6. The van der Waals surface area contributed by atoms with Gasteiger partial charge < -0.3 is 18.9 Å². The number of nitro benzene ring substituents is 1. The Morgan fingerprint density at radius 1 is 0.529 bits per heavy atom. The number of non-ortho nitro benzene ring substituents is 1. The summed E-state index contributed by atoms with van der Waals surface area (Å²) in [6.45, 7) is 2.06. The lowest BCUT2D eigenvalue weighted by Gasteiger charge is -2.09. The van der Waals surface area contributed by atoms with Crippen molar-refractivity contribution in [2.75, 3.05) is 26.4 Å². The molecule has 9 heteroatoms. The van der Waals surface area contributed by atoms with Crippen LogP contribution in [0, 0.1) is 21.4 Å². The van der Waals surface area contributed by atoms with Crippen LogP contribution < -0.4 is 14.2 Å². The molecule has 5 rings (SSSR count). The molecule has 0 aromatic heterocycles. The summed E-state index contributed by atoms with van der Waals surface area (Å²) in [4.78, 5) is 22.8. The van der Waals surface area contributed by atoms with Crippen molar-refractivity contribution < 1.29 is 28.7 Å². The zero-order valence-electron chi connectivity index (χ0n) is 28.4. The number of unbranched alkanes of at least 4 members (excludes halogenated alkanes) is 4. The summed E-state index contributed by atoms with van der Waals surface area (Å²) < 4.78 is 22.9. The molecule has 260 valence electrons. The molecule has 0 atom stereocenters. The van der Waals surface area contributed by atoms with Crippen LogP contribution in [-0.2, 0) is 4.74 Å². The number of nitrogens with zero attached hydrogens (tertiary/aromatic N) is 2.